The zero-order chi connectivity index (χ0) is 18.6. The number of amidine groups is 1. The second-order valence-corrected chi connectivity index (χ2v) is 6.55. The first-order chi connectivity index (χ1) is 11.9. The normalized spacial score (nSPS) is 16.6. The van der Waals surface area contributed by atoms with Crippen LogP contribution in [-0.4, -0.2) is 28.7 Å². The maximum absolute atomic E-state index is 12.8. The van der Waals surface area contributed by atoms with E-state index < -0.39 is 0 Å². The van der Waals surface area contributed by atoms with Crippen molar-refractivity contribution in [3.05, 3.63) is 52.1 Å². The average molecular weight is 404 g/mol. The highest BCUT2D eigenvalue weighted by molar-refractivity contribution is 9.11. The van der Waals surface area contributed by atoms with Crippen LogP contribution in [0.25, 0.3) is 0 Å². The van der Waals surface area contributed by atoms with Gasteiger partial charge in [-0.15, -0.1) is 0 Å². The Morgan fingerprint density at radius 2 is 2.20 bits per heavy atom. The van der Waals surface area contributed by atoms with Crippen LogP contribution in [0.4, 0.5) is 11.4 Å². The number of aliphatic imine (C=N–C) groups is 1. The largest absolute Gasteiger partial charge is 0.397 e. The molecule has 0 spiro atoms. The third-order valence-electron chi connectivity index (χ3n) is 3.88. The minimum atomic E-state index is -0.324. The van der Waals surface area contributed by atoms with E-state index in [0.717, 1.165) is 22.2 Å². The summed E-state index contributed by atoms with van der Waals surface area (Å²) in [6.07, 6.45) is 8.10. The van der Waals surface area contributed by atoms with Crippen LogP contribution in [0, 0.1) is 6.92 Å². The van der Waals surface area contributed by atoms with Gasteiger partial charge in [0.1, 0.15) is 0 Å². The van der Waals surface area contributed by atoms with E-state index in [1.807, 2.05) is 32.2 Å². The Balaban J connectivity index is 2.34. The van der Waals surface area contributed by atoms with Crippen LogP contribution in [-0.2, 0) is 4.79 Å². The van der Waals surface area contributed by atoms with Gasteiger partial charge in [-0.25, -0.2) is 0 Å². The van der Waals surface area contributed by atoms with E-state index in [0.29, 0.717) is 17.1 Å². The Kier molecular flexibility index (Phi) is 6.14. The van der Waals surface area contributed by atoms with E-state index in [9.17, 15) is 4.79 Å². The first kappa shape index (κ1) is 18.9. The summed E-state index contributed by atoms with van der Waals surface area (Å²) < 4.78 is 0.943. The molecule has 1 aliphatic rings. The number of rotatable bonds is 2. The van der Waals surface area contributed by atoms with Crippen molar-refractivity contribution in [3.63, 3.8) is 0 Å². The molecule has 0 atom stereocenters. The lowest BCUT2D eigenvalue weighted by molar-refractivity contribution is -0.110. The molecule has 1 amide bonds. The van der Waals surface area contributed by atoms with E-state index in [1.165, 1.54) is 0 Å². The Bertz CT molecular complexity index is 808. The lowest BCUT2D eigenvalue weighted by Gasteiger charge is -2.27. The molecule has 0 bridgehead atoms. The predicted molar refractivity (Wildman–Crippen MR) is 106 cm³/mol. The van der Waals surface area contributed by atoms with Crippen molar-refractivity contribution in [2.45, 2.75) is 27.2 Å². The smallest absolute Gasteiger partial charge is 0.291 e. The molecule has 0 aliphatic carbocycles. The second-order valence-electron chi connectivity index (χ2n) is 5.64. The number of anilines is 2. The molecule has 0 fully saturated rings. The summed E-state index contributed by atoms with van der Waals surface area (Å²) in [5, 5.41) is 2.85. The summed E-state index contributed by atoms with van der Waals surface area (Å²) in [7, 11) is 1.60. The van der Waals surface area contributed by atoms with Crippen LogP contribution in [0.15, 0.2) is 51.4 Å². The van der Waals surface area contributed by atoms with Crippen molar-refractivity contribution >= 4 is 39.0 Å². The van der Waals surface area contributed by atoms with Crippen LogP contribution in [0.3, 0.4) is 0 Å². The van der Waals surface area contributed by atoms with Crippen LogP contribution in [0.2, 0.25) is 0 Å². The number of nitrogens with one attached hydrogen (secondary N) is 1. The predicted octanol–water partition coefficient (Wildman–Crippen LogP) is 3.73. The fourth-order valence-corrected chi connectivity index (χ4v) is 2.68. The summed E-state index contributed by atoms with van der Waals surface area (Å²) in [5.74, 6) is -0.0346. The molecule has 2 heterocycles. The van der Waals surface area contributed by atoms with Gasteiger partial charge >= 0.3 is 0 Å². The van der Waals surface area contributed by atoms with Crippen molar-refractivity contribution in [3.8, 4) is 0 Å². The van der Waals surface area contributed by atoms with Crippen molar-refractivity contribution in [1.29, 1.82) is 0 Å². The highest BCUT2D eigenvalue weighted by Crippen LogP contribution is 2.26. The number of allylic oxidation sites excluding steroid dienone is 4. The molecule has 0 saturated carbocycles. The van der Waals surface area contributed by atoms with E-state index in [1.54, 1.807) is 24.2 Å². The minimum Gasteiger partial charge on any atom is -0.397 e. The number of carbonyl (C=O) groups excluding carboxylic acids is 1. The number of amides is 1. The zero-order valence-electron chi connectivity index (χ0n) is 14.8. The van der Waals surface area contributed by atoms with Gasteiger partial charge in [-0.05, 0) is 44.1 Å². The average Bonchev–Trinajstić information content (AvgIpc) is 2.59. The van der Waals surface area contributed by atoms with E-state index in [-0.39, 0.29) is 11.7 Å². The lowest BCUT2D eigenvalue weighted by Crippen LogP contribution is -2.37. The van der Waals surface area contributed by atoms with Crippen molar-refractivity contribution in [1.82, 2.24) is 9.88 Å². The first-order valence-electron chi connectivity index (χ1n) is 7.92. The quantitative estimate of drug-likeness (QED) is 0.581. The molecular formula is C18H22BrN5O. The lowest BCUT2D eigenvalue weighted by atomic mass is 10.1. The molecule has 1 aromatic rings. The van der Waals surface area contributed by atoms with Gasteiger partial charge in [0.15, 0.2) is 5.84 Å². The van der Waals surface area contributed by atoms with Crippen LogP contribution >= 0.6 is 15.9 Å². The number of hydrogen-bond donors (Lipinski definition) is 2. The molecular weight excluding hydrogens is 382 g/mol. The van der Waals surface area contributed by atoms with Crippen LogP contribution < -0.4 is 11.1 Å². The molecule has 0 unspecified atom stereocenters. The maximum Gasteiger partial charge on any atom is 0.291 e. The van der Waals surface area contributed by atoms with Gasteiger partial charge in [0.2, 0.25) is 0 Å². The molecule has 132 valence electrons. The number of aryl methyl sites for hydroxylation is 1. The number of carbonyl (C=O) groups is 1. The van der Waals surface area contributed by atoms with Gasteiger partial charge in [0, 0.05) is 23.4 Å². The first-order valence-corrected chi connectivity index (χ1v) is 8.71. The number of pyridine rings is 1. The molecule has 2 rings (SSSR count). The molecule has 25 heavy (non-hydrogen) atoms. The van der Waals surface area contributed by atoms with E-state index in [4.69, 9.17) is 5.73 Å². The molecule has 0 radical (unpaired) electrons. The minimum absolute atomic E-state index is 0.289. The highest BCUT2D eigenvalue weighted by atomic mass is 79.9. The van der Waals surface area contributed by atoms with E-state index >= 15 is 0 Å². The van der Waals surface area contributed by atoms with Crippen molar-refractivity contribution in [2.24, 2.45) is 4.99 Å². The zero-order valence-corrected chi connectivity index (χ0v) is 16.4. The van der Waals surface area contributed by atoms with Crippen LogP contribution in [0.5, 0.6) is 0 Å². The summed E-state index contributed by atoms with van der Waals surface area (Å²) in [5.41, 5.74) is 9.59. The number of hydrogen-bond acceptors (Lipinski definition) is 4. The fraction of sp³-hybridized carbons (Fsp3) is 0.278. The number of aromatic nitrogens is 1. The third-order valence-corrected chi connectivity index (χ3v) is 4.38. The third kappa shape index (κ3) is 4.36. The Labute approximate surface area is 156 Å². The standard InChI is InChI=1S/C18H22BrN5O/c1-5-11(2)16-8-13(19)6-7-24(16)17(21-4)18(25)23-15-9-14(20)10-22-12(15)3/h6-10H,5,20H2,1-4H3,(H,23,25). The van der Waals surface area contributed by atoms with Gasteiger partial charge in [-0.1, -0.05) is 22.9 Å². The highest BCUT2D eigenvalue weighted by Gasteiger charge is 2.23. The Hall–Kier alpha value is -2.41. The van der Waals surface area contributed by atoms with Gasteiger partial charge in [0.05, 0.1) is 23.3 Å². The van der Waals surface area contributed by atoms with Gasteiger partial charge in [-0.2, -0.15) is 0 Å². The molecule has 0 aromatic carbocycles. The van der Waals surface area contributed by atoms with Gasteiger partial charge in [-0.3, -0.25) is 19.7 Å². The van der Waals surface area contributed by atoms with Crippen molar-refractivity contribution in [2.75, 3.05) is 18.1 Å². The maximum atomic E-state index is 12.8. The molecule has 3 N–H and O–H groups in total. The number of nitrogens with two attached hydrogens (primary N) is 1. The Morgan fingerprint density at radius 3 is 2.84 bits per heavy atom. The molecule has 0 saturated heterocycles. The summed E-state index contributed by atoms with van der Waals surface area (Å²) in [6, 6.07) is 1.68. The molecule has 7 heteroatoms. The summed E-state index contributed by atoms with van der Waals surface area (Å²) in [4.78, 5) is 23.0. The van der Waals surface area contributed by atoms with Crippen LogP contribution in [0.1, 0.15) is 26.0 Å². The van der Waals surface area contributed by atoms with Gasteiger partial charge in [0.25, 0.3) is 5.91 Å². The molecule has 1 aliphatic heterocycles. The number of halogens is 1. The fourth-order valence-electron chi connectivity index (χ4n) is 2.34. The number of nitrogen functional groups attached to an aromatic ring is 1. The van der Waals surface area contributed by atoms with E-state index in [2.05, 4.69) is 38.1 Å². The topological polar surface area (TPSA) is 83.6 Å². The number of nitrogens with zero attached hydrogens (tertiary/aromatic N) is 3. The molecule has 6 nitrogen and oxygen atoms in total. The summed E-state index contributed by atoms with van der Waals surface area (Å²) in [6.45, 7) is 5.92. The monoisotopic (exact) mass is 403 g/mol. The SMILES string of the molecule is CCC(C)=C1C=C(Br)C=CN1C(=NC)C(=O)Nc1cc(N)cnc1C. The van der Waals surface area contributed by atoms with Gasteiger partial charge < -0.3 is 11.1 Å². The van der Waals surface area contributed by atoms with Crippen molar-refractivity contribution < 1.29 is 4.79 Å². The Morgan fingerprint density at radius 1 is 1.48 bits per heavy atom. The molecule has 1 aromatic heterocycles. The second kappa shape index (κ2) is 8.11. The summed E-state index contributed by atoms with van der Waals surface area (Å²) >= 11 is 3.48.